The molecule has 1 fully saturated rings. The van der Waals surface area contributed by atoms with Crippen LogP contribution in [0.1, 0.15) is 43.0 Å². The Hall–Kier alpha value is -2.14. The minimum Gasteiger partial charge on any atom is -0.422 e. The lowest BCUT2D eigenvalue weighted by atomic mass is 10.1. The summed E-state index contributed by atoms with van der Waals surface area (Å²) in [5.41, 5.74) is 0.0741. The zero-order chi connectivity index (χ0) is 17.6. The van der Waals surface area contributed by atoms with Gasteiger partial charge >= 0.3 is 5.63 Å². The molecule has 5 nitrogen and oxygen atoms in total. The van der Waals surface area contributed by atoms with E-state index >= 15 is 0 Å². The number of carbonyl (C=O) groups is 1. The van der Waals surface area contributed by atoms with Crippen molar-refractivity contribution in [2.24, 2.45) is 0 Å². The number of likely N-dealkylation sites (tertiary alicyclic amines) is 1. The van der Waals surface area contributed by atoms with Crippen LogP contribution in [-0.4, -0.2) is 48.4 Å². The molecule has 0 unspecified atom stereocenters. The zero-order valence-corrected chi connectivity index (χ0v) is 14.9. The third kappa shape index (κ3) is 4.28. The Labute approximate surface area is 148 Å². The summed E-state index contributed by atoms with van der Waals surface area (Å²) in [6.07, 6.45) is 5.05. The van der Waals surface area contributed by atoms with Crippen LogP contribution < -0.4 is 5.63 Å². The standard InChI is InChI=1S/C20H26N2O3/c1-2-22(14-13-21-11-7-3-4-8-12-21)19(23)17-15-16-9-5-6-10-18(16)25-20(17)24/h5-6,9-10,15H,2-4,7-8,11-14H2,1H3. The Bertz CT molecular complexity index is 776. The summed E-state index contributed by atoms with van der Waals surface area (Å²) in [6.45, 7) is 6.23. The largest absolute Gasteiger partial charge is 0.422 e. The summed E-state index contributed by atoms with van der Waals surface area (Å²) in [4.78, 5) is 29.2. The Morgan fingerprint density at radius 3 is 2.60 bits per heavy atom. The van der Waals surface area contributed by atoms with Crippen molar-refractivity contribution in [3.05, 3.63) is 46.3 Å². The van der Waals surface area contributed by atoms with E-state index in [1.165, 1.54) is 25.7 Å². The van der Waals surface area contributed by atoms with Crippen LogP contribution in [-0.2, 0) is 0 Å². The van der Waals surface area contributed by atoms with E-state index in [2.05, 4.69) is 4.90 Å². The fraction of sp³-hybridized carbons (Fsp3) is 0.500. The van der Waals surface area contributed by atoms with Crippen LogP contribution in [0.2, 0.25) is 0 Å². The van der Waals surface area contributed by atoms with Crippen molar-refractivity contribution in [3.63, 3.8) is 0 Å². The second-order valence-corrected chi connectivity index (χ2v) is 6.63. The molecule has 3 rings (SSSR count). The molecule has 0 N–H and O–H groups in total. The van der Waals surface area contributed by atoms with Gasteiger partial charge in [-0.1, -0.05) is 31.0 Å². The SMILES string of the molecule is CCN(CCN1CCCCCC1)C(=O)c1cc2ccccc2oc1=O. The molecule has 2 aromatic rings. The first-order valence-corrected chi connectivity index (χ1v) is 9.23. The summed E-state index contributed by atoms with van der Waals surface area (Å²) < 4.78 is 5.31. The molecule has 2 heterocycles. The van der Waals surface area contributed by atoms with Gasteiger partial charge in [0, 0.05) is 25.0 Å². The molecular weight excluding hydrogens is 316 g/mol. The quantitative estimate of drug-likeness (QED) is 0.784. The van der Waals surface area contributed by atoms with Crippen molar-refractivity contribution in [2.45, 2.75) is 32.6 Å². The minimum absolute atomic E-state index is 0.122. The van der Waals surface area contributed by atoms with Gasteiger partial charge in [-0.15, -0.1) is 0 Å². The van der Waals surface area contributed by atoms with Crippen LogP contribution in [0.25, 0.3) is 11.0 Å². The van der Waals surface area contributed by atoms with Gasteiger partial charge in [-0.05, 0) is 45.0 Å². The number of nitrogens with zero attached hydrogens (tertiary/aromatic N) is 2. The molecule has 5 heteroatoms. The van der Waals surface area contributed by atoms with Crippen molar-refractivity contribution in [3.8, 4) is 0 Å². The van der Waals surface area contributed by atoms with Gasteiger partial charge in [-0.2, -0.15) is 0 Å². The number of rotatable bonds is 5. The Kier molecular flexibility index (Phi) is 5.87. The molecular formula is C20H26N2O3. The summed E-state index contributed by atoms with van der Waals surface area (Å²) >= 11 is 0. The molecule has 25 heavy (non-hydrogen) atoms. The first kappa shape index (κ1) is 17.7. The predicted octanol–water partition coefficient (Wildman–Crippen LogP) is 3.13. The molecule has 134 valence electrons. The molecule has 1 aromatic carbocycles. The second-order valence-electron chi connectivity index (χ2n) is 6.63. The maximum atomic E-state index is 12.8. The number of para-hydroxylation sites is 1. The van der Waals surface area contributed by atoms with Gasteiger partial charge in [0.05, 0.1) is 0 Å². The van der Waals surface area contributed by atoms with E-state index in [1.54, 1.807) is 17.0 Å². The molecule has 1 saturated heterocycles. The van der Waals surface area contributed by atoms with Crippen LogP contribution in [0, 0.1) is 0 Å². The highest BCUT2D eigenvalue weighted by molar-refractivity contribution is 5.96. The number of fused-ring (bicyclic) bond motifs is 1. The van der Waals surface area contributed by atoms with Crippen molar-refractivity contribution in [1.29, 1.82) is 0 Å². The van der Waals surface area contributed by atoms with E-state index in [1.807, 2.05) is 25.1 Å². The van der Waals surface area contributed by atoms with Crippen LogP contribution >= 0.6 is 0 Å². The van der Waals surface area contributed by atoms with Gasteiger partial charge in [0.25, 0.3) is 5.91 Å². The maximum Gasteiger partial charge on any atom is 0.349 e. The van der Waals surface area contributed by atoms with Crippen molar-refractivity contribution < 1.29 is 9.21 Å². The lowest BCUT2D eigenvalue weighted by Gasteiger charge is -2.26. The highest BCUT2D eigenvalue weighted by Gasteiger charge is 2.20. The second kappa shape index (κ2) is 8.30. The maximum absolute atomic E-state index is 12.8. The normalized spacial score (nSPS) is 15.9. The van der Waals surface area contributed by atoms with Crippen LogP contribution in [0.15, 0.2) is 39.5 Å². The van der Waals surface area contributed by atoms with Crippen LogP contribution in [0.3, 0.4) is 0 Å². The Morgan fingerprint density at radius 2 is 1.88 bits per heavy atom. The van der Waals surface area contributed by atoms with Crippen LogP contribution in [0.4, 0.5) is 0 Å². The lowest BCUT2D eigenvalue weighted by molar-refractivity contribution is 0.0741. The molecule has 0 saturated carbocycles. The van der Waals surface area contributed by atoms with E-state index in [-0.39, 0.29) is 11.5 Å². The van der Waals surface area contributed by atoms with E-state index in [4.69, 9.17) is 4.42 Å². The fourth-order valence-corrected chi connectivity index (χ4v) is 3.41. The Morgan fingerprint density at radius 1 is 1.16 bits per heavy atom. The highest BCUT2D eigenvalue weighted by Crippen LogP contribution is 2.14. The number of hydrogen-bond acceptors (Lipinski definition) is 4. The number of amides is 1. The zero-order valence-electron chi connectivity index (χ0n) is 14.9. The smallest absolute Gasteiger partial charge is 0.349 e. The van der Waals surface area contributed by atoms with Gasteiger partial charge < -0.3 is 14.2 Å². The molecule has 1 amide bonds. The third-order valence-corrected chi connectivity index (χ3v) is 4.93. The van der Waals surface area contributed by atoms with Gasteiger partial charge in [0.15, 0.2) is 0 Å². The van der Waals surface area contributed by atoms with Crippen molar-refractivity contribution >= 4 is 16.9 Å². The van der Waals surface area contributed by atoms with Gasteiger partial charge in [-0.25, -0.2) is 4.79 Å². The summed E-state index contributed by atoms with van der Waals surface area (Å²) in [5.74, 6) is -0.239. The Balaban J connectivity index is 1.73. The topological polar surface area (TPSA) is 53.8 Å². The first-order valence-electron chi connectivity index (χ1n) is 9.23. The fourth-order valence-electron chi connectivity index (χ4n) is 3.41. The number of hydrogen-bond donors (Lipinski definition) is 0. The van der Waals surface area contributed by atoms with Gasteiger partial charge in [-0.3, -0.25) is 4.79 Å². The molecule has 0 bridgehead atoms. The van der Waals surface area contributed by atoms with E-state index in [0.717, 1.165) is 25.0 Å². The van der Waals surface area contributed by atoms with E-state index in [9.17, 15) is 9.59 Å². The summed E-state index contributed by atoms with van der Waals surface area (Å²) in [6, 6.07) is 8.92. The average molecular weight is 342 g/mol. The number of benzene rings is 1. The van der Waals surface area contributed by atoms with Gasteiger partial charge in [0.1, 0.15) is 11.1 Å². The monoisotopic (exact) mass is 342 g/mol. The van der Waals surface area contributed by atoms with Crippen molar-refractivity contribution in [1.82, 2.24) is 9.80 Å². The molecule has 0 aliphatic carbocycles. The average Bonchev–Trinajstić information content (AvgIpc) is 2.90. The predicted molar refractivity (Wildman–Crippen MR) is 99.0 cm³/mol. The van der Waals surface area contributed by atoms with E-state index in [0.29, 0.717) is 18.7 Å². The number of carbonyl (C=O) groups excluding carboxylic acids is 1. The third-order valence-electron chi connectivity index (χ3n) is 4.93. The summed E-state index contributed by atoms with van der Waals surface area (Å²) in [5, 5.41) is 0.772. The molecule has 0 atom stereocenters. The van der Waals surface area contributed by atoms with Gasteiger partial charge in [0.2, 0.25) is 0 Å². The molecule has 1 aromatic heterocycles. The molecule has 0 radical (unpaired) electrons. The van der Waals surface area contributed by atoms with Crippen LogP contribution in [0.5, 0.6) is 0 Å². The summed E-state index contributed by atoms with van der Waals surface area (Å²) in [7, 11) is 0. The molecule has 0 spiro atoms. The van der Waals surface area contributed by atoms with E-state index < -0.39 is 5.63 Å². The number of likely N-dealkylation sites (N-methyl/N-ethyl adjacent to an activating group) is 1. The highest BCUT2D eigenvalue weighted by atomic mass is 16.4. The molecule has 1 aliphatic rings. The first-order chi connectivity index (χ1) is 12.2. The lowest BCUT2D eigenvalue weighted by Crippen LogP contribution is -2.40. The molecule has 1 aliphatic heterocycles. The minimum atomic E-state index is -0.558. The van der Waals surface area contributed by atoms with Crippen molar-refractivity contribution in [2.75, 3.05) is 32.7 Å².